The Morgan fingerprint density at radius 3 is 2.27 bits per heavy atom. The minimum absolute atomic E-state index is 0.0572. The summed E-state index contributed by atoms with van der Waals surface area (Å²) in [6.07, 6.45) is 3.95. The highest BCUT2D eigenvalue weighted by molar-refractivity contribution is 9.10. The highest BCUT2D eigenvalue weighted by Crippen LogP contribution is 2.31. The molecule has 218 valence electrons. The molecule has 7 nitrogen and oxygen atoms in total. The first-order valence-electron chi connectivity index (χ1n) is 13.7. The van der Waals surface area contributed by atoms with Gasteiger partial charge in [-0.25, -0.2) is 8.42 Å². The summed E-state index contributed by atoms with van der Waals surface area (Å²) in [6.45, 7) is 4.91. The van der Waals surface area contributed by atoms with E-state index in [4.69, 9.17) is 11.6 Å². The molecule has 3 aromatic rings. The normalized spacial score (nSPS) is 14.5. The zero-order valence-electron chi connectivity index (χ0n) is 23.4. The number of anilines is 1. The van der Waals surface area contributed by atoms with E-state index in [1.54, 1.807) is 44.2 Å². The Bertz CT molecular complexity index is 1490. The van der Waals surface area contributed by atoms with Crippen LogP contribution in [0.3, 0.4) is 0 Å². The van der Waals surface area contributed by atoms with Gasteiger partial charge in [-0.1, -0.05) is 76.3 Å². The third kappa shape index (κ3) is 7.50. The van der Waals surface area contributed by atoms with Crippen LogP contribution in [0.5, 0.6) is 0 Å². The molecular weight excluding hydrogens is 626 g/mol. The van der Waals surface area contributed by atoms with Crippen LogP contribution in [-0.2, 0) is 26.2 Å². The SMILES string of the molecule is Cc1ccc(S(=O)(=O)N(CC(=O)N(Cc2ccc(Br)cc2)[C@H](C)C(=O)NC2CCCC2)c2cccc(Cl)c2C)cc1. The summed E-state index contributed by atoms with van der Waals surface area (Å²) in [7, 11) is -4.16. The second-order valence-electron chi connectivity index (χ2n) is 10.5. The van der Waals surface area contributed by atoms with Crippen LogP contribution in [0.2, 0.25) is 5.02 Å². The van der Waals surface area contributed by atoms with Gasteiger partial charge in [0.15, 0.2) is 0 Å². The third-order valence-corrected chi connectivity index (χ3v) is 10.2. The standard InChI is InChI=1S/C31H35BrClN3O4S/c1-21-11-17-27(18-12-21)41(39,40)36(29-10-6-9-28(33)22(29)2)20-30(37)35(19-24-13-15-25(32)16-14-24)23(3)31(38)34-26-7-4-5-8-26/h6,9-18,23,26H,4-5,7-8,19-20H2,1-3H3,(H,34,38)/t23-/m1/s1. The van der Waals surface area contributed by atoms with Crippen molar-refractivity contribution in [3.63, 3.8) is 0 Å². The molecule has 1 aliphatic carbocycles. The molecule has 1 fully saturated rings. The van der Waals surface area contributed by atoms with Crippen molar-refractivity contribution in [3.05, 3.63) is 92.9 Å². The molecule has 0 heterocycles. The van der Waals surface area contributed by atoms with Gasteiger partial charge < -0.3 is 10.2 Å². The zero-order valence-corrected chi connectivity index (χ0v) is 26.6. The minimum Gasteiger partial charge on any atom is -0.352 e. The number of hydrogen-bond acceptors (Lipinski definition) is 4. The summed E-state index contributed by atoms with van der Waals surface area (Å²) < 4.78 is 30.0. The van der Waals surface area contributed by atoms with Gasteiger partial charge in [-0.05, 0) is 81.1 Å². The number of sulfonamides is 1. The molecule has 1 aliphatic rings. The van der Waals surface area contributed by atoms with Crippen LogP contribution in [0.1, 0.15) is 49.3 Å². The van der Waals surface area contributed by atoms with Crippen molar-refractivity contribution in [1.82, 2.24) is 10.2 Å². The molecule has 41 heavy (non-hydrogen) atoms. The number of hydrogen-bond donors (Lipinski definition) is 1. The topological polar surface area (TPSA) is 86.8 Å². The Balaban J connectivity index is 1.71. The van der Waals surface area contributed by atoms with E-state index in [-0.39, 0.29) is 23.4 Å². The lowest BCUT2D eigenvalue weighted by Gasteiger charge is -2.33. The van der Waals surface area contributed by atoms with Gasteiger partial charge >= 0.3 is 0 Å². The van der Waals surface area contributed by atoms with Gasteiger partial charge in [0.2, 0.25) is 11.8 Å². The first-order valence-corrected chi connectivity index (χ1v) is 16.3. The molecular formula is C31H35BrClN3O4S. The van der Waals surface area contributed by atoms with E-state index in [2.05, 4.69) is 21.2 Å². The van der Waals surface area contributed by atoms with Crippen molar-refractivity contribution < 1.29 is 18.0 Å². The number of aryl methyl sites for hydroxylation is 1. The van der Waals surface area contributed by atoms with Gasteiger partial charge in [-0.3, -0.25) is 13.9 Å². The van der Waals surface area contributed by atoms with Crippen molar-refractivity contribution in [2.24, 2.45) is 0 Å². The van der Waals surface area contributed by atoms with Crippen LogP contribution in [0.25, 0.3) is 0 Å². The number of nitrogens with zero attached hydrogens (tertiary/aromatic N) is 2. The summed E-state index contributed by atoms with van der Waals surface area (Å²) in [5, 5.41) is 3.47. The molecule has 2 amide bonds. The van der Waals surface area contributed by atoms with Crippen LogP contribution in [0.15, 0.2) is 76.1 Å². The maximum absolute atomic E-state index is 14.1. The molecule has 0 radical (unpaired) electrons. The van der Waals surface area contributed by atoms with E-state index in [9.17, 15) is 18.0 Å². The molecule has 0 unspecified atom stereocenters. The molecule has 0 aliphatic heterocycles. The Kier molecular flexibility index (Phi) is 10.2. The van der Waals surface area contributed by atoms with Gasteiger partial charge in [0, 0.05) is 22.1 Å². The smallest absolute Gasteiger partial charge is 0.264 e. The first kappa shape index (κ1) is 31.1. The van der Waals surface area contributed by atoms with Crippen LogP contribution in [0.4, 0.5) is 5.69 Å². The predicted molar refractivity (Wildman–Crippen MR) is 166 cm³/mol. The molecule has 0 saturated heterocycles. The molecule has 1 atom stereocenters. The van der Waals surface area contributed by atoms with Gasteiger partial charge in [0.05, 0.1) is 10.6 Å². The lowest BCUT2D eigenvalue weighted by atomic mass is 10.1. The minimum atomic E-state index is -4.16. The van der Waals surface area contributed by atoms with E-state index in [0.29, 0.717) is 16.3 Å². The van der Waals surface area contributed by atoms with E-state index >= 15 is 0 Å². The molecule has 0 bridgehead atoms. The predicted octanol–water partition coefficient (Wildman–Crippen LogP) is 6.39. The average Bonchev–Trinajstić information content (AvgIpc) is 3.46. The fraction of sp³-hybridized carbons (Fsp3) is 0.355. The van der Waals surface area contributed by atoms with E-state index in [1.165, 1.54) is 17.0 Å². The Morgan fingerprint density at radius 1 is 1.00 bits per heavy atom. The fourth-order valence-electron chi connectivity index (χ4n) is 4.98. The van der Waals surface area contributed by atoms with Crippen molar-refractivity contribution >= 4 is 55.1 Å². The van der Waals surface area contributed by atoms with E-state index < -0.39 is 28.5 Å². The molecule has 0 aromatic heterocycles. The lowest BCUT2D eigenvalue weighted by Crippen LogP contribution is -2.52. The summed E-state index contributed by atoms with van der Waals surface area (Å²) >= 11 is 9.83. The summed E-state index contributed by atoms with van der Waals surface area (Å²) in [4.78, 5) is 28.9. The second kappa shape index (κ2) is 13.4. The van der Waals surface area contributed by atoms with Crippen LogP contribution in [-0.4, -0.2) is 43.8 Å². The van der Waals surface area contributed by atoms with Gasteiger partial charge in [0.1, 0.15) is 12.6 Å². The largest absolute Gasteiger partial charge is 0.352 e. The van der Waals surface area contributed by atoms with Gasteiger partial charge in [-0.15, -0.1) is 0 Å². The maximum Gasteiger partial charge on any atom is 0.264 e. The van der Waals surface area contributed by atoms with Crippen molar-refractivity contribution in [2.75, 3.05) is 10.8 Å². The summed E-state index contributed by atoms with van der Waals surface area (Å²) in [5.41, 5.74) is 2.56. The number of amides is 2. The Labute approximate surface area is 256 Å². The molecule has 4 rings (SSSR count). The fourth-order valence-corrected chi connectivity index (χ4v) is 6.88. The summed E-state index contributed by atoms with van der Waals surface area (Å²) in [5.74, 6) is -0.758. The van der Waals surface area contributed by atoms with Crippen molar-refractivity contribution in [3.8, 4) is 0 Å². The molecule has 10 heteroatoms. The molecule has 1 N–H and O–H groups in total. The third-order valence-electron chi connectivity index (χ3n) is 7.53. The number of nitrogens with one attached hydrogen (secondary N) is 1. The van der Waals surface area contributed by atoms with Gasteiger partial charge in [-0.2, -0.15) is 0 Å². The number of carbonyl (C=O) groups excluding carboxylic acids is 2. The number of rotatable bonds is 10. The Hall–Kier alpha value is -2.88. The van der Waals surface area contributed by atoms with Crippen molar-refractivity contribution in [2.45, 2.75) is 70.0 Å². The number of benzene rings is 3. The van der Waals surface area contributed by atoms with Crippen molar-refractivity contribution in [1.29, 1.82) is 0 Å². The average molecular weight is 661 g/mol. The quantitative estimate of drug-likeness (QED) is 0.273. The molecule has 1 saturated carbocycles. The highest BCUT2D eigenvalue weighted by atomic mass is 79.9. The van der Waals surface area contributed by atoms with Gasteiger partial charge in [0.25, 0.3) is 10.0 Å². The number of carbonyl (C=O) groups is 2. The van der Waals surface area contributed by atoms with E-state index in [1.807, 2.05) is 31.2 Å². The zero-order chi connectivity index (χ0) is 29.7. The maximum atomic E-state index is 14.1. The number of halogens is 2. The highest BCUT2D eigenvalue weighted by Gasteiger charge is 2.34. The monoisotopic (exact) mass is 659 g/mol. The molecule has 0 spiro atoms. The van der Waals surface area contributed by atoms with Crippen LogP contribution >= 0.6 is 27.5 Å². The first-order chi connectivity index (χ1) is 19.5. The molecule has 3 aromatic carbocycles. The lowest BCUT2D eigenvalue weighted by molar-refractivity contribution is -0.139. The van der Waals surface area contributed by atoms with E-state index in [0.717, 1.165) is 45.6 Å². The van der Waals surface area contributed by atoms with Crippen LogP contribution in [0, 0.1) is 13.8 Å². The summed E-state index contributed by atoms with van der Waals surface area (Å²) in [6, 6.07) is 18.2. The van der Waals surface area contributed by atoms with Crippen LogP contribution < -0.4 is 9.62 Å². The second-order valence-corrected chi connectivity index (χ2v) is 13.7. The Morgan fingerprint density at radius 2 is 1.63 bits per heavy atom.